The van der Waals surface area contributed by atoms with E-state index in [1.54, 1.807) is 19.1 Å². The van der Waals surface area contributed by atoms with Crippen molar-refractivity contribution in [2.75, 3.05) is 0 Å². The van der Waals surface area contributed by atoms with Crippen LogP contribution in [0.15, 0.2) is 64.4 Å². The molecule has 6 nitrogen and oxygen atoms in total. The number of aryl methyl sites for hydroxylation is 1. The van der Waals surface area contributed by atoms with E-state index < -0.39 is 5.97 Å². The van der Waals surface area contributed by atoms with Crippen LogP contribution in [0.25, 0.3) is 5.69 Å². The topological polar surface area (TPSA) is 87.5 Å². The van der Waals surface area contributed by atoms with Gasteiger partial charge in [0.2, 0.25) is 0 Å². The van der Waals surface area contributed by atoms with Crippen LogP contribution < -0.4 is 5.56 Å². The van der Waals surface area contributed by atoms with Crippen LogP contribution in [0.4, 0.5) is 5.69 Å². The maximum atomic E-state index is 12.5. The Bertz CT molecular complexity index is 951. The lowest BCUT2D eigenvalue weighted by atomic mass is 10.2. The molecule has 1 heterocycles. The highest BCUT2D eigenvalue weighted by Gasteiger charge is 2.10. The standard InChI is InChI=1S/C18H15N3O3/c1-12-16(11-19-14-9-7-13(8-10-14)18(23)24)17(22)21(20-12)15-5-3-2-4-6-15/h2-11,20H,1H3,(H,23,24). The third-order valence-electron chi connectivity index (χ3n) is 3.59. The molecule has 3 aromatic rings. The molecule has 2 aromatic carbocycles. The Kier molecular flexibility index (Phi) is 4.11. The van der Waals surface area contributed by atoms with Gasteiger partial charge in [0.15, 0.2) is 0 Å². The molecule has 120 valence electrons. The second-order valence-electron chi connectivity index (χ2n) is 5.24. The molecule has 0 atom stereocenters. The van der Waals surface area contributed by atoms with E-state index in [2.05, 4.69) is 10.1 Å². The third-order valence-corrected chi connectivity index (χ3v) is 3.59. The van der Waals surface area contributed by atoms with Crippen LogP contribution >= 0.6 is 0 Å². The van der Waals surface area contributed by atoms with Crippen molar-refractivity contribution in [3.05, 3.63) is 81.8 Å². The predicted octanol–water partition coefficient (Wildman–Crippen LogP) is 2.92. The van der Waals surface area contributed by atoms with Gasteiger partial charge in [0.05, 0.1) is 22.5 Å². The largest absolute Gasteiger partial charge is 0.478 e. The number of aromatic nitrogens is 2. The second-order valence-corrected chi connectivity index (χ2v) is 5.24. The number of para-hydroxylation sites is 1. The highest BCUT2D eigenvalue weighted by Crippen LogP contribution is 2.13. The van der Waals surface area contributed by atoms with Crippen molar-refractivity contribution in [3.8, 4) is 5.69 Å². The Balaban J connectivity index is 1.92. The smallest absolute Gasteiger partial charge is 0.335 e. The minimum atomic E-state index is -0.988. The molecular formula is C18H15N3O3. The number of nitrogens with zero attached hydrogens (tertiary/aromatic N) is 2. The van der Waals surface area contributed by atoms with Gasteiger partial charge in [-0.2, -0.15) is 0 Å². The van der Waals surface area contributed by atoms with Gasteiger partial charge < -0.3 is 5.11 Å². The maximum absolute atomic E-state index is 12.5. The van der Waals surface area contributed by atoms with Crippen LogP contribution in [0.2, 0.25) is 0 Å². The van der Waals surface area contributed by atoms with Crippen molar-refractivity contribution in [2.45, 2.75) is 6.92 Å². The molecule has 6 heteroatoms. The van der Waals surface area contributed by atoms with Crippen LogP contribution in [0.5, 0.6) is 0 Å². The Morgan fingerprint density at radius 3 is 2.42 bits per heavy atom. The summed E-state index contributed by atoms with van der Waals surface area (Å²) in [5.41, 5.74) is 2.49. The Morgan fingerprint density at radius 2 is 1.79 bits per heavy atom. The lowest BCUT2D eigenvalue weighted by Gasteiger charge is -1.99. The van der Waals surface area contributed by atoms with Crippen molar-refractivity contribution < 1.29 is 9.90 Å². The SMILES string of the molecule is Cc1[nH]n(-c2ccccc2)c(=O)c1C=Nc1ccc(C(=O)O)cc1. The number of carbonyl (C=O) groups is 1. The van der Waals surface area contributed by atoms with Crippen LogP contribution in [0, 0.1) is 6.92 Å². The minimum Gasteiger partial charge on any atom is -0.478 e. The molecule has 0 saturated carbocycles. The number of aromatic carboxylic acids is 1. The molecule has 2 N–H and O–H groups in total. The summed E-state index contributed by atoms with van der Waals surface area (Å²) < 4.78 is 1.46. The molecule has 3 rings (SSSR count). The molecule has 0 aliphatic carbocycles. The number of hydrogen-bond donors (Lipinski definition) is 2. The molecule has 0 aliphatic rings. The van der Waals surface area contributed by atoms with Gasteiger partial charge in [0.1, 0.15) is 0 Å². The number of H-pyrrole nitrogens is 1. The molecule has 0 fully saturated rings. The van der Waals surface area contributed by atoms with Crippen molar-refractivity contribution in [3.63, 3.8) is 0 Å². The van der Waals surface area contributed by atoms with Crippen molar-refractivity contribution in [2.24, 2.45) is 4.99 Å². The summed E-state index contributed by atoms with van der Waals surface area (Å²) in [6.07, 6.45) is 1.49. The number of benzene rings is 2. The lowest BCUT2D eigenvalue weighted by molar-refractivity contribution is 0.0697. The van der Waals surface area contributed by atoms with Gasteiger partial charge in [-0.15, -0.1) is 0 Å². The first-order valence-corrected chi connectivity index (χ1v) is 7.31. The zero-order valence-corrected chi connectivity index (χ0v) is 12.9. The van der Waals surface area contributed by atoms with Crippen molar-refractivity contribution in [1.82, 2.24) is 9.78 Å². The quantitative estimate of drug-likeness (QED) is 0.724. The van der Waals surface area contributed by atoms with Crippen molar-refractivity contribution >= 4 is 17.9 Å². The van der Waals surface area contributed by atoms with Gasteiger partial charge in [0.25, 0.3) is 5.56 Å². The van der Waals surface area contributed by atoms with Crippen molar-refractivity contribution in [1.29, 1.82) is 0 Å². The molecule has 0 unspecified atom stereocenters. The molecule has 24 heavy (non-hydrogen) atoms. The van der Waals surface area contributed by atoms with E-state index in [0.29, 0.717) is 16.9 Å². The van der Waals surface area contributed by atoms with E-state index in [9.17, 15) is 9.59 Å². The highest BCUT2D eigenvalue weighted by molar-refractivity contribution is 5.88. The number of aliphatic imine (C=N–C) groups is 1. The van der Waals surface area contributed by atoms with Crippen LogP contribution in [0.3, 0.4) is 0 Å². The van der Waals surface area contributed by atoms with Gasteiger partial charge in [-0.05, 0) is 43.3 Å². The summed E-state index contributed by atoms with van der Waals surface area (Å²) in [6, 6.07) is 15.4. The molecule has 0 aliphatic heterocycles. The number of rotatable bonds is 4. The van der Waals surface area contributed by atoms with Crippen LogP contribution in [0.1, 0.15) is 21.6 Å². The van der Waals surface area contributed by atoms with Gasteiger partial charge in [0, 0.05) is 11.9 Å². The summed E-state index contributed by atoms with van der Waals surface area (Å²) in [4.78, 5) is 27.6. The normalized spacial score (nSPS) is 11.0. The number of aromatic amines is 1. The summed E-state index contributed by atoms with van der Waals surface area (Å²) >= 11 is 0. The first-order valence-electron chi connectivity index (χ1n) is 7.31. The van der Waals surface area contributed by atoms with E-state index in [1.165, 1.54) is 23.0 Å². The van der Waals surface area contributed by atoms with E-state index in [1.807, 2.05) is 30.3 Å². The average Bonchev–Trinajstić information content (AvgIpc) is 2.88. The molecule has 1 aromatic heterocycles. The lowest BCUT2D eigenvalue weighted by Crippen LogP contribution is -2.17. The molecule has 0 saturated heterocycles. The minimum absolute atomic E-state index is 0.190. The summed E-state index contributed by atoms with van der Waals surface area (Å²) in [7, 11) is 0. The van der Waals surface area contributed by atoms with E-state index in [-0.39, 0.29) is 11.1 Å². The first kappa shape index (κ1) is 15.5. The van der Waals surface area contributed by atoms with Gasteiger partial charge in [-0.1, -0.05) is 18.2 Å². The fraction of sp³-hybridized carbons (Fsp3) is 0.0556. The van der Waals surface area contributed by atoms with Gasteiger partial charge >= 0.3 is 5.97 Å². The van der Waals surface area contributed by atoms with Gasteiger partial charge in [-0.25, -0.2) is 9.48 Å². The first-order chi connectivity index (χ1) is 11.6. The Hall–Kier alpha value is -3.41. The molecule has 0 amide bonds. The zero-order chi connectivity index (χ0) is 17.1. The summed E-state index contributed by atoms with van der Waals surface area (Å²) in [5, 5.41) is 11.9. The summed E-state index contributed by atoms with van der Waals surface area (Å²) in [5.74, 6) is -0.988. The molecular weight excluding hydrogens is 306 g/mol. The Morgan fingerprint density at radius 1 is 1.12 bits per heavy atom. The van der Waals surface area contributed by atoms with E-state index >= 15 is 0 Å². The van der Waals surface area contributed by atoms with E-state index in [0.717, 1.165) is 5.69 Å². The number of carboxylic acids is 1. The van der Waals surface area contributed by atoms with Crippen LogP contribution in [-0.4, -0.2) is 27.1 Å². The second kappa shape index (κ2) is 6.37. The van der Waals surface area contributed by atoms with Gasteiger partial charge in [-0.3, -0.25) is 14.9 Å². The monoisotopic (exact) mass is 321 g/mol. The highest BCUT2D eigenvalue weighted by atomic mass is 16.4. The average molecular weight is 321 g/mol. The molecule has 0 radical (unpaired) electrons. The Labute approximate surface area is 137 Å². The molecule has 0 spiro atoms. The number of carboxylic acid groups (broad SMARTS) is 1. The maximum Gasteiger partial charge on any atom is 0.335 e. The fourth-order valence-corrected chi connectivity index (χ4v) is 2.30. The molecule has 0 bridgehead atoms. The fourth-order valence-electron chi connectivity index (χ4n) is 2.30. The number of nitrogens with one attached hydrogen (secondary N) is 1. The number of hydrogen-bond acceptors (Lipinski definition) is 3. The zero-order valence-electron chi connectivity index (χ0n) is 12.9. The predicted molar refractivity (Wildman–Crippen MR) is 91.8 cm³/mol. The van der Waals surface area contributed by atoms with E-state index in [4.69, 9.17) is 5.11 Å². The third kappa shape index (κ3) is 3.03. The van der Waals surface area contributed by atoms with Crippen LogP contribution in [-0.2, 0) is 0 Å². The summed E-state index contributed by atoms with van der Waals surface area (Å²) in [6.45, 7) is 1.80.